The van der Waals surface area contributed by atoms with Crippen molar-refractivity contribution in [3.8, 4) is 6.07 Å². The topological polar surface area (TPSA) is 42.2 Å². The van der Waals surface area contributed by atoms with Gasteiger partial charge in [-0.05, 0) is 49.9 Å². The average Bonchev–Trinajstić information content (AvgIpc) is 3.12. The molecule has 5 heteroatoms. The van der Waals surface area contributed by atoms with Gasteiger partial charge in [-0.2, -0.15) is 5.26 Å². The van der Waals surface area contributed by atoms with Crippen molar-refractivity contribution < 1.29 is 9.31 Å². The molecular weight excluding hydrogens is 332 g/mol. The molecular formula is C20H33BClNO2. The second-order valence-corrected chi connectivity index (χ2v) is 8.99. The third-order valence-corrected chi connectivity index (χ3v) is 7.29. The quantitative estimate of drug-likeness (QED) is 0.460. The number of hydrogen-bond donors (Lipinski definition) is 0. The normalized spacial score (nSPS) is 31.6. The molecule has 0 aromatic carbocycles. The number of nitriles is 1. The van der Waals surface area contributed by atoms with E-state index in [1.165, 1.54) is 64.2 Å². The van der Waals surface area contributed by atoms with E-state index in [4.69, 9.17) is 26.2 Å². The van der Waals surface area contributed by atoms with Gasteiger partial charge in [0.1, 0.15) is 0 Å². The zero-order chi connectivity index (χ0) is 17.6. The van der Waals surface area contributed by atoms with Crippen LogP contribution >= 0.6 is 11.6 Å². The lowest BCUT2D eigenvalue weighted by Gasteiger charge is -2.35. The van der Waals surface area contributed by atoms with Crippen molar-refractivity contribution in [2.75, 3.05) is 0 Å². The van der Waals surface area contributed by atoms with Gasteiger partial charge in [-0.25, -0.2) is 0 Å². The fraction of sp³-hybridized carbons (Fsp3) is 0.950. The Balaban J connectivity index is 1.66. The Labute approximate surface area is 158 Å². The first-order chi connectivity index (χ1) is 12.2. The van der Waals surface area contributed by atoms with Crippen LogP contribution in [-0.2, 0) is 9.31 Å². The maximum atomic E-state index is 8.83. The van der Waals surface area contributed by atoms with Gasteiger partial charge in [0.05, 0.1) is 23.6 Å². The largest absolute Gasteiger partial charge is 0.476 e. The molecule has 1 aliphatic heterocycles. The van der Waals surface area contributed by atoms with Crippen LogP contribution in [0.5, 0.6) is 0 Å². The summed E-state index contributed by atoms with van der Waals surface area (Å²) in [6.45, 7) is 2.12. The van der Waals surface area contributed by atoms with Crippen molar-refractivity contribution in [2.24, 2.45) is 17.8 Å². The molecule has 0 N–H and O–H groups in total. The molecule has 2 saturated carbocycles. The van der Waals surface area contributed by atoms with E-state index in [9.17, 15) is 0 Å². The van der Waals surface area contributed by atoms with Crippen LogP contribution in [0.15, 0.2) is 0 Å². The Bertz CT molecular complexity index is 419. The van der Waals surface area contributed by atoms with Crippen LogP contribution in [0.1, 0.15) is 84.0 Å². The highest BCUT2D eigenvalue weighted by molar-refractivity contribution is 6.59. The fourth-order valence-corrected chi connectivity index (χ4v) is 5.30. The standard InChI is InChI=1S/C20H33BClNO2/c1-15(9-8-14-23)20(22)21-24-18(16-10-4-2-5-11-16)19(25-21)17-12-6-3-7-13-17/h15-20H,2-13H2,1H3/t15-,18-,19-,20-/m1/s1. The second kappa shape index (κ2) is 9.63. The van der Waals surface area contributed by atoms with E-state index in [1.807, 2.05) is 0 Å². The maximum absolute atomic E-state index is 8.83. The van der Waals surface area contributed by atoms with Crippen LogP contribution in [0.3, 0.4) is 0 Å². The average molecular weight is 366 g/mol. The molecule has 3 aliphatic rings. The second-order valence-electron chi connectivity index (χ2n) is 8.48. The summed E-state index contributed by atoms with van der Waals surface area (Å²) < 4.78 is 13.0. The lowest BCUT2D eigenvalue weighted by molar-refractivity contribution is 0.0324. The third-order valence-electron chi connectivity index (χ3n) is 6.65. The summed E-state index contributed by atoms with van der Waals surface area (Å²) in [5.41, 5.74) is 0. The van der Waals surface area contributed by atoms with E-state index in [-0.39, 0.29) is 30.5 Å². The van der Waals surface area contributed by atoms with Gasteiger partial charge >= 0.3 is 7.12 Å². The first-order valence-corrected chi connectivity index (χ1v) is 11.0. The minimum Gasteiger partial charge on any atom is -0.404 e. The summed E-state index contributed by atoms with van der Waals surface area (Å²) in [5.74, 6) is 1.52. The number of hydrogen-bond acceptors (Lipinski definition) is 3. The molecule has 0 bridgehead atoms. The third kappa shape index (κ3) is 4.93. The maximum Gasteiger partial charge on any atom is 0.476 e. The van der Waals surface area contributed by atoms with Crippen molar-refractivity contribution in [1.29, 1.82) is 5.26 Å². The molecule has 0 unspecified atom stereocenters. The highest BCUT2D eigenvalue weighted by Crippen LogP contribution is 2.41. The summed E-state index contributed by atoms with van der Waals surface area (Å²) >= 11 is 6.72. The molecule has 0 amide bonds. The molecule has 3 fully saturated rings. The lowest BCUT2D eigenvalue weighted by atomic mass is 9.75. The van der Waals surface area contributed by atoms with E-state index in [1.54, 1.807) is 0 Å². The Morgan fingerprint density at radius 3 is 1.88 bits per heavy atom. The van der Waals surface area contributed by atoms with Crippen molar-refractivity contribution in [1.82, 2.24) is 0 Å². The summed E-state index contributed by atoms with van der Waals surface area (Å²) in [6, 6.07) is 2.22. The van der Waals surface area contributed by atoms with Gasteiger partial charge in [0.25, 0.3) is 0 Å². The molecule has 1 heterocycles. The van der Waals surface area contributed by atoms with Gasteiger partial charge in [0, 0.05) is 6.42 Å². The van der Waals surface area contributed by atoms with Gasteiger partial charge in [0.2, 0.25) is 0 Å². The number of halogens is 1. The zero-order valence-electron chi connectivity index (χ0n) is 15.7. The molecule has 25 heavy (non-hydrogen) atoms. The van der Waals surface area contributed by atoms with E-state index in [0.29, 0.717) is 18.3 Å². The van der Waals surface area contributed by atoms with Crippen molar-refractivity contribution in [3.05, 3.63) is 0 Å². The Morgan fingerprint density at radius 1 is 0.960 bits per heavy atom. The monoisotopic (exact) mass is 365 g/mol. The number of nitrogens with zero attached hydrogens (tertiary/aromatic N) is 1. The summed E-state index contributed by atoms with van der Waals surface area (Å²) in [6.07, 6.45) is 15.0. The smallest absolute Gasteiger partial charge is 0.404 e. The van der Waals surface area contributed by atoms with Crippen molar-refractivity contribution in [2.45, 2.75) is 101 Å². The van der Waals surface area contributed by atoms with Crippen LogP contribution in [0.4, 0.5) is 0 Å². The van der Waals surface area contributed by atoms with E-state index in [2.05, 4.69) is 13.0 Å². The zero-order valence-corrected chi connectivity index (χ0v) is 16.4. The molecule has 1 saturated heterocycles. The minimum absolute atomic E-state index is 0.159. The van der Waals surface area contributed by atoms with Crippen LogP contribution in [-0.4, -0.2) is 24.6 Å². The van der Waals surface area contributed by atoms with Crippen molar-refractivity contribution in [3.63, 3.8) is 0 Å². The van der Waals surface area contributed by atoms with E-state index < -0.39 is 0 Å². The number of rotatable bonds is 6. The summed E-state index contributed by atoms with van der Waals surface area (Å²) in [5, 5.41) is 8.67. The fourth-order valence-electron chi connectivity index (χ4n) is 5.05. The Hall–Kier alpha value is -0.235. The number of alkyl halides is 1. The lowest BCUT2D eigenvalue weighted by Crippen LogP contribution is -2.38. The molecule has 0 aromatic rings. The molecule has 3 rings (SSSR count). The SMILES string of the molecule is C[C@H](CCC#N)[C@@H](Cl)B1O[C@H](C2CCCCC2)[C@@H](C2CCCCC2)O1. The van der Waals surface area contributed by atoms with Crippen LogP contribution < -0.4 is 0 Å². The van der Waals surface area contributed by atoms with Crippen LogP contribution in [0.2, 0.25) is 0 Å². The Morgan fingerprint density at radius 2 is 1.44 bits per heavy atom. The van der Waals surface area contributed by atoms with Crippen LogP contribution in [0, 0.1) is 29.1 Å². The van der Waals surface area contributed by atoms with Gasteiger partial charge in [0.15, 0.2) is 0 Å². The van der Waals surface area contributed by atoms with E-state index >= 15 is 0 Å². The molecule has 0 spiro atoms. The van der Waals surface area contributed by atoms with Gasteiger partial charge in [-0.15, -0.1) is 11.6 Å². The van der Waals surface area contributed by atoms with Crippen molar-refractivity contribution >= 4 is 18.7 Å². The highest BCUT2D eigenvalue weighted by Gasteiger charge is 2.50. The van der Waals surface area contributed by atoms with Gasteiger partial charge in [-0.3, -0.25) is 0 Å². The Kier molecular flexibility index (Phi) is 7.52. The molecule has 0 aromatic heterocycles. The van der Waals surface area contributed by atoms with E-state index in [0.717, 1.165) is 6.42 Å². The molecule has 0 radical (unpaired) electrons. The first-order valence-electron chi connectivity index (χ1n) is 10.5. The molecule has 140 valence electrons. The highest BCUT2D eigenvalue weighted by atomic mass is 35.5. The predicted molar refractivity (Wildman–Crippen MR) is 102 cm³/mol. The van der Waals surface area contributed by atoms with Crippen LogP contribution in [0.25, 0.3) is 0 Å². The first kappa shape index (κ1) is 19.5. The minimum atomic E-state index is -0.297. The molecule has 2 aliphatic carbocycles. The summed E-state index contributed by atoms with van der Waals surface area (Å²) in [4.78, 5) is 0. The summed E-state index contributed by atoms with van der Waals surface area (Å²) in [7, 11) is -0.297. The van der Waals surface area contributed by atoms with Gasteiger partial charge in [-0.1, -0.05) is 45.4 Å². The predicted octanol–water partition coefficient (Wildman–Crippen LogP) is 5.51. The molecule has 4 atom stereocenters. The molecule has 3 nitrogen and oxygen atoms in total. The van der Waals surface area contributed by atoms with Gasteiger partial charge < -0.3 is 9.31 Å².